The first-order valence-electron chi connectivity index (χ1n) is 6.42. The molecule has 0 aromatic heterocycles. The van der Waals surface area contributed by atoms with Crippen molar-refractivity contribution >= 4 is 0 Å². The highest BCUT2D eigenvalue weighted by atomic mass is 15.1. The van der Waals surface area contributed by atoms with Crippen molar-refractivity contribution in [2.45, 2.75) is 20.0 Å². The highest BCUT2D eigenvalue weighted by Gasteiger charge is 2.06. The van der Waals surface area contributed by atoms with E-state index in [9.17, 15) is 0 Å². The van der Waals surface area contributed by atoms with Gasteiger partial charge in [-0.3, -0.25) is 4.90 Å². The summed E-state index contributed by atoms with van der Waals surface area (Å²) in [6.07, 6.45) is 0. The number of nitriles is 1. The van der Waals surface area contributed by atoms with Crippen LogP contribution in [-0.2, 0) is 13.1 Å². The van der Waals surface area contributed by atoms with Crippen LogP contribution < -0.4 is 0 Å². The smallest absolute Gasteiger partial charge is 0.0995 e. The van der Waals surface area contributed by atoms with Crippen molar-refractivity contribution in [3.05, 3.63) is 70.8 Å². The van der Waals surface area contributed by atoms with Crippen LogP contribution in [0.1, 0.15) is 22.3 Å². The van der Waals surface area contributed by atoms with Gasteiger partial charge in [0.25, 0.3) is 0 Å². The Bertz CT molecular complexity index is 596. The molecule has 0 saturated heterocycles. The molecule has 2 rings (SSSR count). The number of hydrogen-bond acceptors (Lipinski definition) is 2. The summed E-state index contributed by atoms with van der Waals surface area (Å²) in [7, 11) is 2.08. The normalized spacial score (nSPS) is 10.4. The van der Waals surface area contributed by atoms with E-state index in [0.717, 1.165) is 24.2 Å². The summed E-state index contributed by atoms with van der Waals surface area (Å²) in [5.41, 5.74) is 4.49. The number of hydrogen-bond donors (Lipinski definition) is 0. The van der Waals surface area contributed by atoms with Crippen molar-refractivity contribution in [3.63, 3.8) is 0 Å². The predicted molar refractivity (Wildman–Crippen MR) is 77.5 cm³/mol. The fourth-order valence-electron chi connectivity index (χ4n) is 2.19. The van der Waals surface area contributed by atoms with Gasteiger partial charge < -0.3 is 0 Å². The molecule has 0 atom stereocenters. The second kappa shape index (κ2) is 6.17. The Morgan fingerprint density at radius 3 is 2.21 bits per heavy atom. The van der Waals surface area contributed by atoms with Crippen LogP contribution in [0, 0.1) is 18.3 Å². The molecule has 2 aromatic rings. The van der Waals surface area contributed by atoms with E-state index in [1.807, 2.05) is 24.3 Å². The Kier molecular flexibility index (Phi) is 4.33. The topological polar surface area (TPSA) is 27.0 Å². The molecule has 0 unspecified atom stereocenters. The molecule has 2 heteroatoms. The molecule has 2 aromatic carbocycles. The maximum atomic E-state index is 9.10. The van der Waals surface area contributed by atoms with Gasteiger partial charge in [0, 0.05) is 13.1 Å². The zero-order chi connectivity index (χ0) is 13.7. The summed E-state index contributed by atoms with van der Waals surface area (Å²) in [5.74, 6) is 0. The van der Waals surface area contributed by atoms with Gasteiger partial charge in [-0.05, 0) is 36.7 Å². The molecule has 0 amide bonds. The third kappa shape index (κ3) is 3.43. The summed E-state index contributed by atoms with van der Waals surface area (Å²) in [5, 5.41) is 9.10. The van der Waals surface area contributed by atoms with Crippen molar-refractivity contribution in [2.75, 3.05) is 7.05 Å². The molecule has 0 bridgehead atoms. The van der Waals surface area contributed by atoms with E-state index in [-0.39, 0.29) is 0 Å². The number of benzene rings is 2. The third-order valence-electron chi connectivity index (χ3n) is 3.28. The summed E-state index contributed by atoms with van der Waals surface area (Å²) >= 11 is 0. The van der Waals surface area contributed by atoms with Gasteiger partial charge in [-0.25, -0.2) is 0 Å². The maximum absolute atomic E-state index is 9.10. The standard InChI is InChI=1S/C17H18N2/c1-14-7-3-4-9-16(14)12-19(2)13-17-10-6-5-8-15(17)11-18/h3-10H,12-13H2,1-2H3. The molecule has 96 valence electrons. The average molecular weight is 250 g/mol. The Morgan fingerprint density at radius 2 is 1.53 bits per heavy atom. The van der Waals surface area contributed by atoms with Crippen LogP contribution in [0.5, 0.6) is 0 Å². The minimum Gasteiger partial charge on any atom is -0.298 e. The number of rotatable bonds is 4. The Balaban J connectivity index is 2.08. The van der Waals surface area contributed by atoms with Gasteiger partial charge in [0.15, 0.2) is 0 Å². The van der Waals surface area contributed by atoms with E-state index in [1.165, 1.54) is 11.1 Å². The highest BCUT2D eigenvalue weighted by Crippen LogP contribution is 2.14. The first-order valence-corrected chi connectivity index (χ1v) is 6.42. The van der Waals surface area contributed by atoms with Crippen LogP contribution in [0.3, 0.4) is 0 Å². The molecule has 0 saturated carbocycles. The minimum atomic E-state index is 0.763. The monoisotopic (exact) mass is 250 g/mol. The lowest BCUT2D eigenvalue weighted by atomic mass is 10.1. The van der Waals surface area contributed by atoms with Gasteiger partial charge in [-0.2, -0.15) is 5.26 Å². The van der Waals surface area contributed by atoms with Gasteiger partial charge in [0.05, 0.1) is 11.6 Å². The minimum absolute atomic E-state index is 0.763. The molecular formula is C17H18N2. The maximum Gasteiger partial charge on any atom is 0.0995 e. The molecule has 0 aliphatic carbocycles. The zero-order valence-electron chi connectivity index (χ0n) is 11.4. The molecule has 0 N–H and O–H groups in total. The van der Waals surface area contributed by atoms with Crippen LogP contribution in [0.4, 0.5) is 0 Å². The second-order valence-electron chi connectivity index (χ2n) is 4.87. The van der Waals surface area contributed by atoms with Crippen LogP contribution >= 0.6 is 0 Å². The van der Waals surface area contributed by atoms with E-state index in [0.29, 0.717) is 0 Å². The van der Waals surface area contributed by atoms with Gasteiger partial charge in [-0.15, -0.1) is 0 Å². The molecule has 2 nitrogen and oxygen atoms in total. The Hall–Kier alpha value is -2.11. The van der Waals surface area contributed by atoms with Crippen molar-refractivity contribution in [3.8, 4) is 6.07 Å². The van der Waals surface area contributed by atoms with Gasteiger partial charge in [0.1, 0.15) is 0 Å². The van der Waals surface area contributed by atoms with Crippen LogP contribution in [0.15, 0.2) is 48.5 Å². The Labute approximate surface area is 114 Å². The summed E-state index contributed by atoms with van der Waals surface area (Å²) in [6, 6.07) is 18.4. The third-order valence-corrected chi connectivity index (χ3v) is 3.28. The molecule has 0 heterocycles. The Morgan fingerprint density at radius 1 is 0.947 bits per heavy atom. The van der Waals surface area contributed by atoms with Crippen LogP contribution in [0.25, 0.3) is 0 Å². The quantitative estimate of drug-likeness (QED) is 0.830. The molecule has 0 aliphatic rings. The van der Waals surface area contributed by atoms with Crippen LogP contribution in [0.2, 0.25) is 0 Å². The van der Waals surface area contributed by atoms with Crippen molar-refractivity contribution in [1.29, 1.82) is 5.26 Å². The lowest BCUT2D eigenvalue weighted by Gasteiger charge is -2.18. The van der Waals surface area contributed by atoms with E-state index >= 15 is 0 Å². The summed E-state index contributed by atoms with van der Waals surface area (Å²) in [6.45, 7) is 3.82. The molecule has 19 heavy (non-hydrogen) atoms. The second-order valence-corrected chi connectivity index (χ2v) is 4.87. The molecule has 0 aliphatic heterocycles. The molecule has 0 spiro atoms. The number of nitrogens with zero attached hydrogens (tertiary/aromatic N) is 2. The lowest BCUT2D eigenvalue weighted by molar-refractivity contribution is 0.318. The summed E-state index contributed by atoms with van der Waals surface area (Å²) < 4.78 is 0. The lowest BCUT2D eigenvalue weighted by Crippen LogP contribution is -2.18. The fourth-order valence-corrected chi connectivity index (χ4v) is 2.19. The van der Waals surface area contributed by atoms with E-state index in [2.05, 4.69) is 49.2 Å². The predicted octanol–water partition coefficient (Wildman–Crippen LogP) is 3.50. The largest absolute Gasteiger partial charge is 0.298 e. The van der Waals surface area contributed by atoms with Crippen molar-refractivity contribution in [2.24, 2.45) is 0 Å². The summed E-state index contributed by atoms with van der Waals surface area (Å²) in [4.78, 5) is 2.23. The molecule has 0 fully saturated rings. The first-order chi connectivity index (χ1) is 9.20. The van der Waals surface area contributed by atoms with E-state index in [4.69, 9.17) is 5.26 Å². The van der Waals surface area contributed by atoms with E-state index in [1.54, 1.807) is 0 Å². The van der Waals surface area contributed by atoms with Crippen molar-refractivity contribution < 1.29 is 0 Å². The molecular weight excluding hydrogens is 232 g/mol. The van der Waals surface area contributed by atoms with E-state index < -0.39 is 0 Å². The highest BCUT2D eigenvalue weighted by molar-refractivity contribution is 5.37. The van der Waals surface area contributed by atoms with Crippen LogP contribution in [-0.4, -0.2) is 11.9 Å². The van der Waals surface area contributed by atoms with Crippen molar-refractivity contribution in [1.82, 2.24) is 4.90 Å². The average Bonchev–Trinajstić information content (AvgIpc) is 2.42. The van der Waals surface area contributed by atoms with Gasteiger partial charge in [-0.1, -0.05) is 42.5 Å². The van der Waals surface area contributed by atoms with Gasteiger partial charge >= 0.3 is 0 Å². The molecule has 0 radical (unpaired) electrons. The SMILES string of the molecule is Cc1ccccc1CN(C)Cc1ccccc1C#N. The fraction of sp³-hybridized carbons (Fsp3) is 0.235. The van der Waals surface area contributed by atoms with Gasteiger partial charge in [0.2, 0.25) is 0 Å². The number of aryl methyl sites for hydroxylation is 1. The zero-order valence-corrected chi connectivity index (χ0v) is 11.4. The first kappa shape index (κ1) is 13.3.